The van der Waals surface area contributed by atoms with Gasteiger partial charge in [0.2, 0.25) is 5.60 Å². The number of carbonyl (C=O) groups is 5. The molecule has 3 rings (SSSR count). The van der Waals surface area contributed by atoms with Crippen LogP contribution in [0.4, 0.5) is 9.93 Å². The average Bonchev–Trinajstić information content (AvgIpc) is 3.36. The zero-order valence-corrected chi connectivity index (χ0v) is 29.6. The van der Waals surface area contributed by atoms with Crippen LogP contribution in [0.5, 0.6) is 0 Å². The second-order valence-electron chi connectivity index (χ2n) is 12.3. The highest BCUT2D eigenvalue weighted by Gasteiger charge is 2.57. The molecule has 3 atom stereocenters. The number of β-lactam (4-membered cyclic amide) rings is 1. The zero-order valence-electron chi connectivity index (χ0n) is 25.8. The maximum absolute atomic E-state index is 13.6. The van der Waals surface area contributed by atoms with Gasteiger partial charge < -0.3 is 24.3 Å². The fourth-order valence-electron chi connectivity index (χ4n) is 3.84. The molecule has 2 aliphatic rings. The Morgan fingerprint density at radius 3 is 2.31 bits per heavy atom. The molecule has 0 aliphatic carbocycles. The number of nitrogens with zero attached hydrogens (tertiary/aromatic N) is 3. The van der Waals surface area contributed by atoms with E-state index in [1.807, 2.05) is 22.6 Å². The van der Waals surface area contributed by atoms with Crippen LogP contribution in [-0.2, 0) is 48.9 Å². The summed E-state index contributed by atoms with van der Waals surface area (Å²) in [6, 6.07) is -1.32. The first-order valence-electron chi connectivity index (χ1n) is 13.3. The van der Waals surface area contributed by atoms with E-state index in [0.717, 1.165) is 16.2 Å². The van der Waals surface area contributed by atoms with Crippen molar-refractivity contribution in [2.45, 2.75) is 83.6 Å². The summed E-state index contributed by atoms with van der Waals surface area (Å²) in [4.78, 5) is 74.9. The van der Waals surface area contributed by atoms with Gasteiger partial charge in [-0.2, -0.15) is 0 Å². The van der Waals surface area contributed by atoms with Crippen molar-refractivity contribution in [2.24, 2.45) is 5.16 Å². The Labute approximate surface area is 281 Å². The lowest BCUT2D eigenvalue weighted by atomic mass is 10.0. The van der Waals surface area contributed by atoms with Crippen molar-refractivity contribution in [3.8, 4) is 0 Å². The lowest BCUT2D eigenvalue weighted by molar-refractivity contribution is -0.179. The SMILES string of the molecule is [B]OC(=O)C1=C(CI)CS(=O)C2[C@H](NC(=O)/C(=N\OC(C)(C)C(=O)OC(C)(C)C)c3csc(NC(=O)OC(C)(C)C)n3)C(=O)N12. The number of aromatic nitrogens is 1. The number of rotatable bonds is 9. The highest BCUT2D eigenvalue weighted by atomic mass is 127. The van der Waals surface area contributed by atoms with Crippen LogP contribution in [0.3, 0.4) is 0 Å². The van der Waals surface area contributed by atoms with Crippen molar-refractivity contribution >= 4 is 93.5 Å². The monoisotopic (exact) mass is 777 g/mol. The van der Waals surface area contributed by atoms with Crippen molar-refractivity contribution in [1.82, 2.24) is 15.2 Å². The van der Waals surface area contributed by atoms with Crippen LogP contribution < -0.4 is 10.6 Å². The number of alkyl halides is 1. The third kappa shape index (κ3) is 8.81. The second-order valence-corrected chi connectivity index (χ2v) is 15.4. The molecule has 0 bridgehead atoms. The smallest absolute Gasteiger partial charge is 0.413 e. The minimum absolute atomic E-state index is 0.0475. The summed E-state index contributed by atoms with van der Waals surface area (Å²) in [7, 11) is 3.37. The first-order chi connectivity index (χ1) is 20.7. The van der Waals surface area contributed by atoms with E-state index in [1.54, 1.807) is 41.5 Å². The first-order valence-corrected chi connectivity index (χ1v) is 17.1. The normalized spacial score (nSPS) is 20.5. The van der Waals surface area contributed by atoms with Crippen LogP contribution in [0.15, 0.2) is 21.8 Å². The van der Waals surface area contributed by atoms with Crippen LogP contribution in [0.25, 0.3) is 0 Å². The Bertz CT molecular complexity index is 1480. The van der Waals surface area contributed by atoms with Crippen molar-refractivity contribution < 1.29 is 47.1 Å². The van der Waals surface area contributed by atoms with E-state index >= 15 is 0 Å². The van der Waals surface area contributed by atoms with Crippen LogP contribution in [-0.4, -0.2) is 96.1 Å². The molecule has 0 aromatic carbocycles. The Balaban J connectivity index is 1.92. The Morgan fingerprint density at radius 1 is 1.13 bits per heavy atom. The van der Waals surface area contributed by atoms with E-state index in [0.29, 0.717) is 5.57 Å². The minimum atomic E-state index is -1.70. The predicted octanol–water partition coefficient (Wildman–Crippen LogP) is 2.06. The third-order valence-electron chi connectivity index (χ3n) is 5.78. The zero-order chi connectivity index (χ0) is 34.1. The molecule has 2 unspecified atom stereocenters. The largest absolute Gasteiger partial charge is 0.539 e. The fourth-order valence-corrected chi connectivity index (χ4v) is 7.21. The number of hydrogen-bond acceptors (Lipinski definition) is 13. The van der Waals surface area contributed by atoms with Gasteiger partial charge in [0.15, 0.2) is 10.8 Å². The molecular formula is C26H33BIN5O10S2. The van der Waals surface area contributed by atoms with Crippen molar-refractivity contribution in [1.29, 1.82) is 0 Å². The molecule has 1 saturated heterocycles. The highest BCUT2D eigenvalue weighted by Crippen LogP contribution is 2.36. The molecule has 3 amide bonds. The Morgan fingerprint density at radius 2 is 1.76 bits per heavy atom. The van der Waals surface area contributed by atoms with Gasteiger partial charge in [-0.05, 0) is 61.0 Å². The van der Waals surface area contributed by atoms with Crippen LogP contribution >= 0.6 is 33.9 Å². The number of carbonyl (C=O) groups excluding carboxylic acids is 5. The molecule has 15 nitrogen and oxygen atoms in total. The number of esters is 1. The quantitative estimate of drug-likeness (QED) is 0.0710. The summed E-state index contributed by atoms with van der Waals surface area (Å²) >= 11 is 2.90. The fraction of sp³-hybridized carbons (Fsp3) is 0.577. The number of nitrogens with one attached hydrogen (secondary N) is 2. The van der Waals surface area contributed by atoms with E-state index in [4.69, 9.17) is 22.4 Å². The summed E-state index contributed by atoms with van der Waals surface area (Å²) in [5.74, 6) is -3.51. The van der Waals surface area contributed by atoms with E-state index < -0.39 is 74.6 Å². The number of hydrogen-bond donors (Lipinski definition) is 2. The number of oxime groups is 1. The Hall–Kier alpha value is -3.07. The van der Waals surface area contributed by atoms with E-state index in [2.05, 4.69) is 25.4 Å². The maximum atomic E-state index is 13.6. The van der Waals surface area contributed by atoms with Gasteiger partial charge in [0.05, 0.1) is 16.6 Å². The van der Waals surface area contributed by atoms with E-state index in [-0.39, 0.29) is 26.7 Å². The number of anilines is 1. The summed E-state index contributed by atoms with van der Waals surface area (Å²) in [5, 5.41) is 9.19. The molecule has 0 saturated carbocycles. The minimum Gasteiger partial charge on any atom is -0.539 e. The number of thiazole rings is 1. The molecule has 1 aromatic heterocycles. The van der Waals surface area contributed by atoms with Crippen molar-refractivity contribution in [3.63, 3.8) is 0 Å². The van der Waals surface area contributed by atoms with E-state index in [1.165, 1.54) is 19.2 Å². The number of fused-ring (bicyclic) bond motifs is 1. The van der Waals surface area contributed by atoms with Gasteiger partial charge in [0, 0.05) is 9.81 Å². The van der Waals surface area contributed by atoms with Gasteiger partial charge in [-0.1, -0.05) is 27.7 Å². The Kier molecular flexibility index (Phi) is 11.1. The molecule has 19 heteroatoms. The van der Waals surface area contributed by atoms with Gasteiger partial charge in [0.25, 0.3) is 11.8 Å². The standard InChI is InChI=1S/C26H33BIN5O10S2/c1-24(2,3)40-21(37)26(7,8)43-32-14(13-10-44-22(29-13)31-23(38)41-25(4,5)6)17(34)30-15-18(35)33-16(20(36)42-27)12(9-28)11-45(39)19(15)33/h10,15,19H,9,11H2,1-8H3,(H,30,34)(H,29,31,38)/b32-14-/t15-,19?,45?/m1/s1. The maximum Gasteiger partial charge on any atom is 0.413 e. The second kappa shape index (κ2) is 13.7. The molecular weight excluding hydrogens is 744 g/mol. The molecule has 1 aromatic rings. The van der Waals surface area contributed by atoms with Gasteiger partial charge in [-0.3, -0.25) is 24.0 Å². The molecule has 2 radical (unpaired) electrons. The molecule has 3 heterocycles. The van der Waals surface area contributed by atoms with Crippen LogP contribution in [0, 0.1) is 0 Å². The summed E-state index contributed by atoms with van der Waals surface area (Å²) < 4.78 is 28.3. The van der Waals surface area contributed by atoms with Crippen molar-refractivity contribution in [2.75, 3.05) is 15.5 Å². The molecule has 244 valence electrons. The molecule has 2 N–H and O–H groups in total. The van der Waals surface area contributed by atoms with Gasteiger partial charge in [-0.25, -0.2) is 19.4 Å². The molecule has 0 spiro atoms. The summed E-state index contributed by atoms with van der Waals surface area (Å²) in [6.07, 6.45) is -0.792. The molecule has 1 fully saturated rings. The van der Waals surface area contributed by atoms with Crippen LogP contribution in [0.1, 0.15) is 61.1 Å². The molecule has 45 heavy (non-hydrogen) atoms. The third-order valence-corrected chi connectivity index (χ3v) is 9.11. The van der Waals surface area contributed by atoms with Gasteiger partial charge >= 0.3 is 26.1 Å². The lowest BCUT2D eigenvalue weighted by Gasteiger charge is -2.49. The predicted molar refractivity (Wildman–Crippen MR) is 173 cm³/mol. The summed E-state index contributed by atoms with van der Waals surface area (Å²) in [5.41, 5.74) is -3.57. The lowest BCUT2D eigenvalue weighted by Crippen LogP contribution is -2.74. The highest BCUT2D eigenvalue weighted by molar-refractivity contribution is 14.1. The van der Waals surface area contributed by atoms with Gasteiger partial charge in [-0.15, -0.1) is 11.3 Å². The van der Waals surface area contributed by atoms with Gasteiger partial charge in [0.1, 0.15) is 34.0 Å². The number of ether oxygens (including phenoxy) is 2. The molecule has 2 aliphatic heterocycles. The van der Waals surface area contributed by atoms with Crippen molar-refractivity contribution in [3.05, 3.63) is 22.3 Å². The van der Waals surface area contributed by atoms with E-state index in [9.17, 15) is 28.2 Å². The average molecular weight is 777 g/mol. The first kappa shape index (κ1) is 36.4. The van der Waals surface area contributed by atoms with Crippen LogP contribution in [0.2, 0.25) is 0 Å². The summed E-state index contributed by atoms with van der Waals surface area (Å²) in [6.45, 7) is 12.8. The topological polar surface area (TPSA) is 192 Å². The number of amides is 3. The number of halogens is 1.